The van der Waals surface area contributed by atoms with Crippen LogP contribution in [-0.2, 0) is 16.8 Å². The van der Waals surface area contributed by atoms with Gasteiger partial charge in [-0.05, 0) is 36.6 Å². The van der Waals surface area contributed by atoms with Crippen LogP contribution >= 0.6 is 15.9 Å². The van der Waals surface area contributed by atoms with Crippen LogP contribution in [0.25, 0.3) is 0 Å². The standard InChI is InChI=1S/C15H12BrNO6S/c16-9-3-4-10(8(5-9)6-24(21)22)13(18)11-12(15(19)20)17-23-14(11)7-1-2-7/h3-5,7H,1-2,6H2,(H,19,20)(H,21,22)/p-1. The summed E-state index contributed by atoms with van der Waals surface area (Å²) in [6, 6.07) is 4.58. The number of carbonyl (C=O) groups is 2. The Labute approximate surface area is 147 Å². The number of carbonyl (C=O) groups excluding carboxylic acids is 1. The van der Waals surface area contributed by atoms with Gasteiger partial charge in [-0.2, -0.15) is 0 Å². The van der Waals surface area contributed by atoms with Gasteiger partial charge < -0.3 is 14.2 Å². The quantitative estimate of drug-likeness (QED) is 0.571. The molecule has 3 rings (SSSR count). The number of hydrogen-bond donors (Lipinski definition) is 1. The van der Waals surface area contributed by atoms with Crippen molar-refractivity contribution in [2.24, 2.45) is 0 Å². The van der Waals surface area contributed by atoms with Crippen molar-refractivity contribution in [2.75, 3.05) is 0 Å². The molecule has 0 amide bonds. The SMILES string of the molecule is O=C(O)c1noc(C2CC2)c1C(=O)c1ccc(Br)cc1CS(=O)[O-]. The van der Waals surface area contributed by atoms with E-state index in [0.29, 0.717) is 4.47 Å². The van der Waals surface area contributed by atoms with Crippen LogP contribution in [0.1, 0.15) is 56.5 Å². The normalized spacial score (nSPS) is 15.2. The van der Waals surface area contributed by atoms with Crippen LogP contribution in [0.5, 0.6) is 0 Å². The molecule has 1 saturated carbocycles. The highest BCUT2D eigenvalue weighted by molar-refractivity contribution is 9.10. The number of aromatic nitrogens is 1. The number of ketones is 1. The van der Waals surface area contributed by atoms with Crippen LogP contribution < -0.4 is 0 Å². The lowest BCUT2D eigenvalue weighted by Crippen LogP contribution is -2.13. The number of halogens is 1. The molecule has 0 bridgehead atoms. The molecule has 1 aromatic heterocycles. The van der Waals surface area contributed by atoms with Crippen molar-refractivity contribution in [3.8, 4) is 0 Å². The Morgan fingerprint density at radius 2 is 2.12 bits per heavy atom. The smallest absolute Gasteiger partial charge is 0.358 e. The van der Waals surface area contributed by atoms with E-state index in [0.717, 1.165) is 12.8 Å². The predicted molar refractivity (Wildman–Crippen MR) is 85.6 cm³/mol. The lowest BCUT2D eigenvalue weighted by atomic mass is 9.96. The number of hydrogen-bond acceptors (Lipinski definition) is 6. The van der Waals surface area contributed by atoms with E-state index in [1.165, 1.54) is 12.1 Å². The second-order valence-corrected chi connectivity index (χ2v) is 7.24. The van der Waals surface area contributed by atoms with Gasteiger partial charge in [-0.3, -0.25) is 9.00 Å². The predicted octanol–water partition coefficient (Wildman–Crippen LogP) is 2.62. The van der Waals surface area contributed by atoms with Crippen molar-refractivity contribution in [1.29, 1.82) is 0 Å². The highest BCUT2D eigenvalue weighted by Gasteiger charge is 2.37. The van der Waals surface area contributed by atoms with Crippen LogP contribution in [0, 0.1) is 0 Å². The van der Waals surface area contributed by atoms with Gasteiger partial charge in [-0.1, -0.05) is 32.2 Å². The summed E-state index contributed by atoms with van der Waals surface area (Å²) in [5, 5.41) is 12.8. The van der Waals surface area contributed by atoms with Crippen molar-refractivity contribution in [3.05, 3.63) is 50.8 Å². The first kappa shape index (κ1) is 17.0. The maximum Gasteiger partial charge on any atom is 0.358 e. The van der Waals surface area contributed by atoms with E-state index >= 15 is 0 Å². The van der Waals surface area contributed by atoms with Crippen molar-refractivity contribution in [1.82, 2.24) is 5.16 Å². The van der Waals surface area contributed by atoms with Crippen LogP contribution in [-0.4, -0.2) is 30.8 Å². The molecule has 9 heteroatoms. The van der Waals surface area contributed by atoms with Crippen LogP contribution in [0.4, 0.5) is 0 Å². The van der Waals surface area contributed by atoms with Gasteiger partial charge in [0.05, 0.1) is 0 Å². The van der Waals surface area contributed by atoms with E-state index in [9.17, 15) is 23.5 Å². The second-order valence-electron chi connectivity index (χ2n) is 5.43. The highest BCUT2D eigenvalue weighted by Crippen LogP contribution is 2.43. The molecule has 0 radical (unpaired) electrons. The molecule has 0 aliphatic heterocycles. The lowest BCUT2D eigenvalue weighted by Gasteiger charge is -2.11. The molecule has 0 spiro atoms. The number of aromatic carboxylic acids is 1. The molecule has 7 nitrogen and oxygen atoms in total. The molecule has 2 aromatic rings. The van der Waals surface area contributed by atoms with E-state index in [1.807, 2.05) is 0 Å². The molecule has 126 valence electrons. The summed E-state index contributed by atoms with van der Waals surface area (Å²) in [7, 11) is 0. The molecule has 1 unspecified atom stereocenters. The molecular formula is C15H11BrNO6S-. The van der Waals surface area contributed by atoms with Gasteiger partial charge in [0.25, 0.3) is 0 Å². The van der Waals surface area contributed by atoms with E-state index < -0.39 is 28.5 Å². The summed E-state index contributed by atoms with van der Waals surface area (Å²) in [5.41, 5.74) is -0.138. The second kappa shape index (κ2) is 6.58. The van der Waals surface area contributed by atoms with Crippen molar-refractivity contribution in [2.45, 2.75) is 24.5 Å². The van der Waals surface area contributed by atoms with Crippen molar-refractivity contribution in [3.63, 3.8) is 0 Å². The fraction of sp³-hybridized carbons (Fsp3) is 0.267. The molecule has 1 aliphatic carbocycles. The van der Waals surface area contributed by atoms with Crippen LogP contribution in [0.15, 0.2) is 27.2 Å². The largest absolute Gasteiger partial charge is 0.772 e. The molecule has 1 fully saturated rings. The van der Waals surface area contributed by atoms with E-state index in [4.69, 9.17) is 4.52 Å². The topological polar surface area (TPSA) is 121 Å². The zero-order valence-electron chi connectivity index (χ0n) is 12.2. The first-order chi connectivity index (χ1) is 11.4. The molecular weight excluding hydrogens is 402 g/mol. The maximum absolute atomic E-state index is 12.9. The van der Waals surface area contributed by atoms with Gasteiger partial charge in [-0.25, -0.2) is 4.79 Å². The summed E-state index contributed by atoms with van der Waals surface area (Å²) < 4.78 is 27.8. The molecule has 1 N–H and O–H groups in total. The number of benzene rings is 1. The van der Waals surface area contributed by atoms with Gasteiger partial charge in [0, 0.05) is 21.7 Å². The Kier molecular flexibility index (Phi) is 4.66. The number of carboxylic acid groups (broad SMARTS) is 1. The molecule has 1 aliphatic rings. The molecule has 0 saturated heterocycles. The van der Waals surface area contributed by atoms with E-state index in [-0.39, 0.29) is 34.1 Å². The number of carboxylic acids is 1. The highest BCUT2D eigenvalue weighted by atomic mass is 79.9. The Hall–Kier alpha value is -1.84. The number of rotatable bonds is 6. The Morgan fingerprint density at radius 1 is 1.42 bits per heavy atom. The Bertz CT molecular complexity index is 858. The minimum absolute atomic E-state index is 0.0166. The van der Waals surface area contributed by atoms with Crippen molar-refractivity contribution < 1.29 is 28.0 Å². The van der Waals surface area contributed by atoms with E-state index in [2.05, 4.69) is 21.1 Å². The van der Waals surface area contributed by atoms with Gasteiger partial charge in [0.1, 0.15) is 5.56 Å². The average Bonchev–Trinajstić information content (AvgIpc) is 3.24. The first-order valence-electron chi connectivity index (χ1n) is 7.00. The molecule has 24 heavy (non-hydrogen) atoms. The maximum atomic E-state index is 12.9. The lowest BCUT2D eigenvalue weighted by molar-refractivity contribution is 0.0682. The van der Waals surface area contributed by atoms with Crippen LogP contribution in [0.2, 0.25) is 0 Å². The monoisotopic (exact) mass is 412 g/mol. The third kappa shape index (κ3) is 3.33. The zero-order valence-corrected chi connectivity index (χ0v) is 14.6. The van der Waals surface area contributed by atoms with Crippen molar-refractivity contribution >= 4 is 38.8 Å². The summed E-state index contributed by atoms with van der Waals surface area (Å²) in [6.07, 6.45) is 1.60. The summed E-state index contributed by atoms with van der Waals surface area (Å²) in [5.74, 6) is -2.07. The fourth-order valence-electron chi connectivity index (χ4n) is 2.46. The number of nitrogens with zero attached hydrogens (tertiary/aromatic N) is 1. The van der Waals surface area contributed by atoms with Gasteiger partial charge >= 0.3 is 5.97 Å². The van der Waals surface area contributed by atoms with Gasteiger partial charge in [0.2, 0.25) is 5.69 Å². The third-order valence-corrected chi connectivity index (χ3v) is 4.72. The minimum Gasteiger partial charge on any atom is -0.772 e. The van der Waals surface area contributed by atoms with Gasteiger partial charge in [0.15, 0.2) is 11.5 Å². The fourth-order valence-corrected chi connectivity index (χ4v) is 3.36. The first-order valence-corrected chi connectivity index (χ1v) is 9.04. The zero-order chi connectivity index (χ0) is 17.4. The molecule has 1 atom stereocenters. The summed E-state index contributed by atoms with van der Waals surface area (Å²) >= 11 is 0.839. The van der Waals surface area contributed by atoms with Gasteiger partial charge in [-0.15, -0.1) is 0 Å². The summed E-state index contributed by atoms with van der Waals surface area (Å²) in [4.78, 5) is 24.3. The Morgan fingerprint density at radius 3 is 2.71 bits per heavy atom. The summed E-state index contributed by atoms with van der Waals surface area (Å²) in [6.45, 7) is 0. The molecule has 1 aromatic carbocycles. The van der Waals surface area contributed by atoms with Crippen LogP contribution in [0.3, 0.4) is 0 Å². The third-order valence-electron chi connectivity index (χ3n) is 3.68. The Balaban J connectivity index is 2.11. The average molecular weight is 413 g/mol. The minimum atomic E-state index is -2.39. The molecule has 1 heterocycles. The van der Waals surface area contributed by atoms with E-state index in [1.54, 1.807) is 6.07 Å².